The van der Waals surface area contributed by atoms with Crippen molar-refractivity contribution in [2.24, 2.45) is 0 Å². The van der Waals surface area contributed by atoms with E-state index in [1.807, 2.05) is 18.2 Å². The van der Waals surface area contributed by atoms with Gasteiger partial charge >= 0.3 is 5.97 Å². The third-order valence-electron chi connectivity index (χ3n) is 5.18. The number of hydrogen-bond donors (Lipinski definition) is 1. The Morgan fingerprint density at radius 2 is 1.96 bits per heavy atom. The van der Waals surface area contributed by atoms with Gasteiger partial charge in [0.25, 0.3) is 0 Å². The van der Waals surface area contributed by atoms with Gasteiger partial charge in [0.05, 0.1) is 19.6 Å². The summed E-state index contributed by atoms with van der Waals surface area (Å²) in [5.41, 5.74) is 1.92. The van der Waals surface area contributed by atoms with E-state index >= 15 is 0 Å². The molecule has 128 valence electrons. The first kappa shape index (κ1) is 18.0. The van der Waals surface area contributed by atoms with Gasteiger partial charge in [-0.3, -0.25) is 4.79 Å². The van der Waals surface area contributed by atoms with Crippen molar-refractivity contribution in [2.45, 2.75) is 63.8 Å². The third kappa shape index (κ3) is 3.78. The first-order chi connectivity index (χ1) is 10.5. The predicted molar refractivity (Wildman–Crippen MR) is 93.2 cm³/mol. The lowest BCUT2D eigenvalue weighted by molar-refractivity contribution is -0.141. The molecule has 2 atom stereocenters. The summed E-state index contributed by atoms with van der Waals surface area (Å²) in [6.07, 6.45) is 0.333. The molecule has 1 aromatic carbocycles. The molecular formula is C18H28O4Si. The molecule has 0 spiro atoms. The van der Waals surface area contributed by atoms with E-state index in [1.54, 1.807) is 0 Å². The van der Waals surface area contributed by atoms with Gasteiger partial charge in [-0.15, -0.1) is 0 Å². The van der Waals surface area contributed by atoms with Crippen molar-refractivity contribution in [1.82, 2.24) is 0 Å². The van der Waals surface area contributed by atoms with E-state index in [4.69, 9.17) is 9.16 Å². The molecule has 2 unspecified atom stereocenters. The first-order valence-electron chi connectivity index (χ1n) is 8.13. The van der Waals surface area contributed by atoms with Crippen LogP contribution in [0.3, 0.4) is 0 Å². The van der Waals surface area contributed by atoms with Crippen LogP contribution < -0.4 is 4.43 Å². The quantitative estimate of drug-likeness (QED) is 0.663. The fourth-order valence-electron chi connectivity index (χ4n) is 2.73. The maximum absolute atomic E-state index is 11.5. The summed E-state index contributed by atoms with van der Waals surface area (Å²) >= 11 is 0. The Labute approximate surface area is 139 Å². The van der Waals surface area contributed by atoms with E-state index in [0.717, 1.165) is 16.9 Å². The van der Waals surface area contributed by atoms with Gasteiger partial charge in [-0.05, 0) is 53.7 Å². The minimum absolute atomic E-state index is 0.0226. The van der Waals surface area contributed by atoms with E-state index < -0.39 is 14.4 Å². The molecular weight excluding hydrogens is 308 g/mol. The number of aliphatic hydroxyl groups is 1. The molecule has 0 aliphatic heterocycles. The van der Waals surface area contributed by atoms with Gasteiger partial charge in [-0.2, -0.15) is 0 Å². The maximum atomic E-state index is 11.5. The van der Waals surface area contributed by atoms with Crippen LogP contribution in [0.5, 0.6) is 5.75 Å². The van der Waals surface area contributed by atoms with Gasteiger partial charge < -0.3 is 14.3 Å². The van der Waals surface area contributed by atoms with Crippen LogP contribution in [0, 0.1) is 0 Å². The molecule has 0 amide bonds. The van der Waals surface area contributed by atoms with Gasteiger partial charge in [0.1, 0.15) is 5.75 Å². The Morgan fingerprint density at radius 3 is 2.52 bits per heavy atom. The molecule has 0 saturated heterocycles. The zero-order chi connectivity index (χ0) is 17.4. The second kappa shape index (κ2) is 6.28. The lowest BCUT2D eigenvalue weighted by atomic mass is 9.98. The van der Waals surface area contributed by atoms with Crippen molar-refractivity contribution in [3.05, 3.63) is 29.3 Å². The van der Waals surface area contributed by atoms with Gasteiger partial charge in [0.15, 0.2) is 0 Å². The van der Waals surface area contributed by atoms with Gasteiger partial charge in [0.2, 0.25) is 8.32 Å². The highest BCUT2D eigenvalue weighted by Gasteiger charge is 2.39. The number of methoxy groups -OCH3 is 1. The number of carbonyl (C=O) groups excluding carboxylic acids is 1. The SMILES string of the molecule is COC(=O)CC1CC(O)c2cc(O[Si](C)(C)C(C)(C)C)ccc21. The molecule has 5 heteroatoms. The number of rotatable bonds is 4. The lowest BCUT2D eigenvalue weighted by Gasteiger charge is -2.36. The monoisotopic (exact) mass is 336 g/mol. The minimum atomic E-state index is -1.91. The molecule has 0 aromatic heterocycles. The highest BCUT2D eigenvalue weighted by atomic mass is 28.4. The van der Waals surface area contributed by atoms with Gasteiger partial charge in [-0.1, -0.05) is 26.8 Å². The molecule has 0 heterocycles. The summed E-state index contributed by atoms with van der Waals surface area (Å²) in [7, 11) is -0.512. The van der Waals surface area contributed by atoms with Crippen molar-refractivity contribution < 1.29 is 19.1 Å². The molecule has 0 saturated carbocycles. The molecule has 23 heavy (non-hydrogen) atoms. The number of benzene rings is 1. The molecule has 1 aromatic rings. The van der Waals surface area contributed by atoms with Crippen LogP contribution in [-0.4, -0.2) is 26.5 Å². The number of aliphatic hydroxyl groups excluding tert-OH is 1. The molecule has 4 nitrogen and oxygen atoms in total. The average Bonchev–Trinajstić information content (AvgIpc) is 2.73. The van der Waals surface area contributed by atoms with Gasteiger partial charge in [-0.25, -0.2) is 0 Å². The maximum Gasteiger partial charge on any atom is 0.306 e. The van der Waals surface area contributed by atoms with E-state index in [2.05, 4.69) is 33.9 Å². The van der Waals surface area contributed by atoms with Crippen molar-refractivity contribution >= 4 is 14.3 Å². The summed E-state index contributed by atoms with van der Waals surface area (Å²) in [5, 5.41) is 10.4. The summed E-state index contributed by atoms with van der Waals surface area (Å²) in [6, 6.07) is 5.89. The van der Waals surface area contributed by atoms with E-state index in [-0.39, 0.29) is 16.9 Å². The largest absolute Gasteiger partial charge is 0.543 e. The second-order valence-corrected chi connectivity index (χ2v) is 12.6. The average molecular weight is 337 g/mol. The van der Waals surface area contributed by atoms with Crippen LogP contribution in [0.1, 0.15) is 56.8 Å². The molecule has 1 aliphatic rings. The summed E-state index contributed by atoms with van der Waals surface area (Å²) < 4.78 is 11.1. The molecule has 2 rings (SSSR count). The van der Waals surface area contributed by atoms with Crippen molar-refractivity contribution in [3.63, 3.8) is 0 Å². The molecule has 1 N–H and O–H groups in total. The Morgan fingerprint density at radius 1 is 1.30 bits per heavy atom. The Hall–Kier alpha value is -1.33. The topological polar surface area (TPSA) is 55.8 Å². The lowest BCUT2D eigenvalue weighted by Crippen LogP contribution is -2.43. The fourth-order valence-corrected chi connectivity index (χ4v) is 3.75. The van der Waals surface area contributed by atoms with Crippen LogP contribution in [0.4, 0.5) is 0 Å². The fraction of sp³-hybridized carbons (Fsp3) is 0.611. The minimum Gasteiger partial charge on any atom is -0.543 e. The Balaban J connectivity index is 2.23. The van der Waals surface area contributed by atoms with Crippen molar-refractivity contribution in [1.29, 1.82) is 0 Å². The van der Waals surface area contributed by atoms with Crippen molar-refractivity contribution in [2.75, 3.05) is 7.11 Å². The smallest absolute Gasteiger partial charge is 0.306 e. The van der Waals surface area contributed by atoms with Crippen LogP contribution in [-0.2, 0) is 9.53 Å². The highest BCUT2D eigenvalue weighted by Crippen LogP contribution is 2.44. The zero-order valence-corrected chi connectivity index (χ0v) is 16.0. The van der Waals surface area contributed by atoms with Crippen molar-refractivity contribution in [3.8, 4) is 5.75 Å². The number of fused-ring (bicyclic) bond motifs is 1. The summed E-state index contributed by atoms with van der Waals surface area (Å²) in [4.78, 5) is 11.5. The third-order valence-corrected chi connectivity index (χ3v) is 9.54. The predicted octanol–water partition coefficient (Wildman–Crippen LogP) is 4.15. The van der Waals surface area contributed by atoms with Crippen LogP contribution in [0.25, 0.3) is 0 Å². The standard InChI is InChI=1S/C18H28O4Si/c1-18(2,3)23(5,6)22-13-7-8-14-12(10-17(20)21-4)9-16(19)15(14)11-13/h7-8,11-12,16,19H,9-10H2,1-6H3. The zero-order valence-electron chi connectivity index (χ0n) is 15.0. The molecule has 0 radical (unpaired) electrons. The first-order valence-corrected chi connectivity index (χ1v) is 11.0. The summed E-state index contributed by atoms with van der Waals surface area (Å²) in [5.74, 6) is 0.596. The normalized spacial score (nSPS) is 21.0. The van der Waals surface area contributed by atoms with Crippen LogP contribution >= 0.6 is 0 Å². The van der Waals surface area contributed by atoms with Crippen LogP contribution in [0.15, 0.2) is 18.2 Å². The second-order valence-electron chi connectivity index (χ2n) is 7.88. The van der Waals surface area contributed by atoms with Crippen LogP contribution in [0.2, 0.25) is 18.1 Å². The van der Waals surface area contributed by atoms with E-state index in [0.29, 0.717) is 12.8 Å². The van der Waals surface area contributed by atoms with E-state index in [1.165, 1.54) is 7.11 Å². The Kier molecular flexibility index (Phi) is 4.92. The Bertz CT molecular complexity index is 589. The number of esters is 1. The van der Waals surface area contributed by atoms with E-state index in [9.17, 15) is 9.90 Å². The number of ether oxygens (including phenoxy) is 1. The molecule has 1 aliphatic carbocycles. The number of hydrogen-bond acceptors (Lipinski definition) is 4. The molecule has 0 bridgehead atoms. The number of carbonyl (C=O) groups is 1. The van der Waals surface area contributed by atoms with Gasteiger partial charge in [0, 0.05) is 0 Å². The molecule has 0 fully saturated rings. The summed E-state index contributed by atoms with van der Waals surface area (Å²) in [6.45, 7) is 11.0. The highest BCUT2D eigenvalue weighted by molar-refractivity contribution is 6.74.